The second-order valence-electron chi connectivity index (χ2n) is 7.81. The fourth-order valence-electron chi connectivity index (χ4n) is 3.51. The van der Waals surface area contributed by atoms with Crippen molar-refractivity contribution in [3.8, 4) is 5.75 Å². The number of para-hydroxylation sites is 1. The third kappa shape index (κ3) is 6.68. The molecule has 0 unspecified atom stereocenters. The third-order valence-corrected chi connectivity index (χ3v) is 5.30. The molecule has 3 rings (SSSR count). The number of hydrogen-bond donors (Lipinski definition) is 0. The normalized spacial score (nSPS) is 10.7. The van der Waals surface area contributed by atoms with Gasteiger partial charge in [-0.05, 0) is 48.9 Å². The molecule has 0 N–H and O–H groups in total. The van der Waals surface area contributed by atoms with Crippen molar-refractivity contribution in [3.05, 3.63) is 89.1 Å². The van der Waals surface area contributed by atoms with Crippen LogP contribution in [0.4, 0.5) is 4.39 Å². The van der Waals surface area contributed by atoms with E-state index >= 15 is 0 Å². The predicted octanol–water partition coefficient (Wildman–Crippen LogP) is 4.05. The average molecular weight is 469 g/mol. The summed E-state index contributed by atoms with van der Waals surface area (Å²) < 4.78 is 29.5. The summed E-state index contributed by atoms with van der Waals surface area (Å²) in [6.45, 7) is 2.60. The Balaban J connectivity index is 1.83. The number of amides is 2. The molecule has 0 aliphatic rings. The van der Waals surface area contributed by atoms with Crippen molar-refractivity contribution >= 4 is 11.8 Å². The van der Waals surface area contributed by atoms with Gasteiger partial charge in [0.25, 0.3) is 5.91 Å². The number of benzene rings is 2. The Hall–Kier alpha value is -3.65. The fourth-order valence-corrected chi connectivity index (χ4v) is 3.51. The molecule has 0 bridgehead atoms. The minimum absolute atomic E-state index is 0.166. The van der Waals surface area contributed by atoms with E-state index in [1.165, 1.54) is 31.3 Å². The number of furan rings is 1. The van der Waals surface area contributed by atoms with Gasteiger partial charge in [0.1, 0.15) is 29.6 Å². The first-order chi connectivity index (χ1) is 16.4. The van der Waals surface area contributed by atoms with Gasteiger partial charge in [-0.25, -0.2) is 4.39 Å². The predicted molar refractivity (Wildman–Crippen MR) is 125 cm³/mol. The van der Waals surface area contributed by atoms with Crippen molar-refractivity contribution in [2.45, 2.75) is 20.0 Å². The van der Waals surface area contributed by atoms with Crippen molar-refractivity contribution in [1.29, 1.82) is 0 Å². The summed E-state index contributed by atoms with van der Waals surface area (Å²) in [5.41, 5.74) is 1.12. The molecule has 0 radical (unpaired) electrons. The molecule has 0 spiro atoms. The van der Waals surface area contributed by atoms with Crippen LogP contribution in [0.25, 0.3) is 0 Å². The topological polar surface area (TPSA) is 72.2 Å². The standard InChI is InChI=1S/C26H29FN2O5/c1-19-8-13-22(34-19)17-29(16-20-9-11-21(27)12-10-20)25(30)18-28(14-15-32-2)26(31)23-6-4-5-7-24(23)33-3/h4-13H,14-18H2,1-3H3. The minimum Gasteiger partial charge on any atom is -0.496 e. The summed E-state index contributed by atoms with van der Waals surface area (Å²) in [5.74, 6) is 0.814. The molecule has 0 fully saturated rings. The molecular formula is C26H29FN2O5. The lowest BCUT2D eigenvalue weighted by Gasteiger charge is -2.27. The Morgan fingerprint density at radius 2 is 1.68 bits per heavy atom. The highest BCUT2D eigenvalue weighted by atomic mass is 19.1. The van der Waals surface area contributed by atoms with Gasteiger partial charge in [0.05, 0.1) is 25.8 Å². The summed E-state index contributed by atoms with van der Waals surface area (Å²) in [5, 5.41) is 0. The van der Waals surface area contributed by atoms with Gasteiger partial charge in [-0.2, -0.15) is 0 Å². The van der Waals surface area contributed by atoms with Gasteiger partial charge in [0.2, 0.25) is 5.91 Å². The third-order valence-electron chi connectivity index (χ3n) is 5.30. The maximum Gasteiger partial charge on any atom is 0.258 e. The van der Waals surface area contributed by atoms with Crippen LogP contribution in [0.2, 0.25) is 0 Å². The van der Waals surface area contributed by atoms with Crippen molar-refractivity contribution in [3.63, 3.8) is 0 Å². The lowest BCUT2D eigenvalue weighted by molar-refractivity contribution is -0.133. The molecule has 0 atom stereocenters. The maximum absolute atomic E-state index is 13.4. The van der Waals surface area contributed by atoms with Crippen molar-refractivity contribution < 1.29 is 27.9 Å². The highest BCUT2D eigenvalue weighted by molar-refractivity contribution is 5.98. The fraction of sp³-hybridized carbons (Fsp3) is 0.308. The smallest absolute Gasteiger partial charge is 0.258 e. The summed E-state index contributed by atoms with van der Waals surface area (Å²) in [7, 11) is 3.03. The number of carbonyl (C=O) groups excluding carboxylic acids is 2. The van der Waals surface area contributed by atoms with Crippen LogP contribution >= 0.6 is 0 Å². The van der Waals surface area contributed by atoms with E-state index < -0.39 is 0 Å². The number of hydrogen-bond acceptors (Lipinski definition) is 5. The van der Waals surface area contributed by atoms with E-state index in [0.29, 0.717) is 17.1 Å². The number of nitrogens with zero attached hydrogens (tertiary/aromatic N) is 2. The number of rotatable bonds is 11. The molecule has 0 aliphatic heterocycles. The summed E-state index contributed by atoms with van der Waals surface area (Å²) in [6, 6.07) is 16.5. The number of aryl methyl sites for hydroxylation is 1. The molecular weight excluding hydrogens is 439 g/mol. The van der Waals surface area contributed by atoms with E-state index in [1.54, 1.807) is 41.3 Å². The van der Waals surface area contributed by atoms with Crippen LogP contribution in [0.3, 0.4) is 0 Å². The Labute approximate surface area is 198 Å². The molecule has 1 heterocycles. The second kappa shape index (κ2) is 12.0. The summed E-state index contributed by atoms with van der Waals surface area (Å²) in [4.78, 5) is 29.8. The number of carbonyl (C=O) groups is 2. The molecule has 0 saturated carbocycles. The molecule has 0 saturated heterocycles. The minimum atomic E-state index is -0.351. The number of methoxy groups -OCH3 is 2. The van der Waals surface area contributed by atoms with Crippen molar-refractivity contribution in [1.82, 2.24) is 9.80 Å². The van der Waals surface area contributed by atoms with E-state index in [2.05, 4.69) is 0 Å². The lowest BCUT2D eigenvalue weighted by atomic mass is 10.1. The van der Waals surface area contributed by atoms with Gasteiger partial charge >= 0.3 is 0 Å². The zero-order chi connectivity index (χ0) is 24.5. The van der Waals surface area contributed by atoms with Crippen molar-refractivity contribution in [2.75, 3.05) is 33.9 Å². The van der Waals surface area contributed by atoms with Gasteiger partial charge in [-0.15, -0.1) is 0 Å². The summed E-state index contributed by atoms with van der Waals surface area (Å²) >= 11 is 0. The zero-order valence-corrected chi connectivity index (χ0v) is 19.6. The highest BCUT2D eigenvalue weighted by Gasteiger charge is 2.25. The number of ether oxygens (including phenoxy) is 2. The first kappa shape index (κ1) is 25.0. The Morgan fingerprint density at radius 1 is 0.941 bits per heavy atom. The largest absolute Gasteiger partial charge is 0.496 e. The average Bonchev–Trinajstić information content (AvgIpc) is 3.26. The Bertz CT molecular complexity index is 1100. The Kier molecular flexibility index (Phi) is 8.81. The van der Waals surface area contributed by atoms with Gasteiger partial charge in [-0.1, -0.05) is 24.3 Å². The quantitative estimate of drug-likeness (QED) is 0.425. The molecule has 34 heavy (non-hydrogen) atoms. The summed E-state index contributed by atoms with van der Waals surface area (Å²) in [6.07, 6.45) is 0. The zero-order valence-electron chi connectivity index (χ0n) is 19.6. The van der Waals surface area contributed by atoms with Crippen LogP contribution in [0, 0.1) is 12.7 Å². The van der Waals surface area contributed by atoms with Crippen LogP contribution in [0.1, 0.15) is 27.4 Å². The van der Waals surface area contributed by atoms with Gasteiger partial charge in [0, 0.05) is 20.2 Å². The van der Waals surface area contributed by atoms with Crippen LogP contribution < -0.4 is 4.74 Å². The van der Waals surface area contributed by atoms with E-state index in [1.807, 2.05) is 19.1 Å². The van der Waals surface area contributed by atoms with Crippen molar-refractivity contribution in [2.24, 2.45) is 0 Å². The van der Waals surface area contributed by atoms with Crippen LogP contribution in [0.15, 0.2) is 65.1 Å². The monoisotopic (exact) mass is 468 g/mol. The lowest BCUT2D eigenvalue weighted by Crippen LogP contribution is -2.43. The first-order valence-electron chi connectivity index (χ1n) is 10.9. The molecule has 180 valence electrons. The molecule has 2 aromatic carbocycles. The van der Waals surface area contributed by atoms with Gasteiger partial charge < -0.3 is 23.7 Å². The SMILES string of the molecule is COCCN(CC(=O)N(Cc1ccc(F)cc1)Cc1ccc(C)o1)C(=O)c1ccccc1OC. The van der Waals surface area contributed by atoms with E-state index in [4.69, 9.17) is 13.9 Å². The van der Waals surface area contributed by atoms with E-state index in [-0.39, 0.29) is 50.4 Å². The molecule has 7 nitrogen and oxygen atoms in total. The molecule has 0 aliphatic carbocycles. The van der Waals surface area contributed by atoms with Crippen LogP contribution in [0.5, 0.6) is 5.75 Å². The van der Waals surface area contributed by atoms with Gasteiger partial charge in [-0.3, -0.25) is 9.59 Å². The second-order valence-corrected chi connectivity index (χ2v) is 7.81. The number of halogens is 1. The highest BCUT2D eigenvalue weighted by Crippen LogP contribution is 2.20. The van der Waals surface area contributed by atoms with E-state index in [0.717, 1.165) is 11.3 Å². The van der Waals surface area contributed by atoms with Crippen LogP contribution in [-0.4, -0.2) is 55.5 Å². The first-order valence-corrected chi connectivity index (χ1v) is 10.9. The molecule has 1 aromatic heterocycles. The molecule has 8 heteroatoms. The Morgan fingerprint density at radius 3 is 2.32 bits per heavy atom. The molecule has 2 amide bonds. The van der Waals surface area contributed by atoms with Crippen LogP contribution in [-0.2, 0) is 22.6 Å². The van der Waals surface area contributed by atoms with E-state index in [9.17, 15) is 14.0 Å². The van der Waals surface area contributed by atoms with Gasteiger partial charge in [0.15, 0.2) is 0 Å². The molecule has 3 aromatic rings. The maximum atomic E-state index is 13.4.